The fourth-order valence-electron chi connectivity index (χ4n) is 1.48. The Balaban J connectivity index is 2.61. The fourth-order valence-corrected chi connectivity index (χ4v) is 1.93. The van der Waals surface area contributed by atoms with Crippen molar-refractivity contribution < 1.29 is 8.95 Å². The Kier molecular flexibility index (Phi) is 6.72. The first-order valence-electron chi connectivity index (χ1n) is 6.17. The van der Waals surface area contributed by atoms with Gasteiger partial charge >= 0.3 is 0 Å². The van der Waals surface area contributed by atoms with Crippen LogP contribution in [0.15, 0.2) is 6.07 Å². The van der Waals surface area contributed by atoms with Gasteiger partial charge in [0.25, 0.3) is 0 Å². The molecule has 0 fully saturated rings. The van der Waals surface area contributed by atoms with E-state index in [1.54, 1.807) is 13.4 Å². The molecule has 0 saturated carbocycles. The predicted molar refractivity (Wildman–Crippen MR) is 78.9 cm³/mol. The van der Waals surface area contributed by atoms with Crippen LogP contribution in [0.4, 0.5) is 11.6 Å². The lowest BCUT2D eigenvalue weighted by Gasteiger charge is -2.11. The van der Waals surface area contributed by atoms with Gasteiger partial charge in [0.1, 0.15) is 18.2 Å². The monoisotopic (exact) mass is 286 g/mol. The SMILES string of the molecule is CNc1cc(NCCC(C)S(C)=O)nc(COC)n1. The zero-order valence-electron chi connectivity index (χ0n) is 11.9. The third-order valence-electron chi connectivity index (χ3n) is 2.73. The molecule has 1 heterocycles. The van der Waals surface area contributed by atoms with Crippen molar-refractivity contribution in [3.8, 4) is 0 Å². The van der Waals surface area contributed by atoms with Crippen LogP contribution in [0, 0.1) is 0 Å². The van der Waals surface area contributed by atoms with Crippen molar-refractivity contribution in [3.05, 3.63) is 11.9 Å². The smallest absolute Gasteiger partial charge is 0.158 e. The molecule has 0 amide bonds. The van der Waals surface area contributed by atoms with Gasteiger partial charge in [0.05, 0.1) is 0 Å². The van der Waals surface area contributed by atoms with Crippen LogP contribution in [0.3, 0.4) is 0 Å². The molecule has 0 radical (unpaired) electrons. The molecule has 0 aromatic carbocycles. The van der Waals surface area contributed by atoms with Gasteiger partial charge in [-0.1, -0.05) is 6.92 Å². The van der Waals surface area contributed by atoms with E-state index in [-0.39, 0.29) is 5.25 Å². The Morgan fingerprint density at radius 1 is 1.42 bits per heavy atom. The van der Waals surface area contributed by atoms with Gasteiger partial charge in [-0.15, -0.1) is 0 Å². The lowest BCUT2D eigenvalue weighted by Crippen LogP contribution is -2.16. The Labute approximate surface area is 116 Å². The van der Waals surface area contributed by atoms with Crippen LogP contribution in [0.5, 0.6) is 0 Å². The van der Waals surface area contributed by atoms with E-state index in [0.717, 1.165) is 24.6 Å². The maximum atomic E-state index is 11.3. The highest BCUT2D eigenvalue weighted by molar-refractivity contribution is 7.84. The van der Waals surface area contributed by atoms with Gasteiger partial charge in [-0.2, -0.15) is 0 Å². The summed E-state index contributed by atoms with van der Waals surface area (Å²) in [4.78, 5) is 8.63. The highest BCUT2D eigenvalue weighted by Crippen LogP contribution is 2.12. The highest BCUT2D eigenvalue weighted by Gasteiger charge is 2.07. The second-order valence-corrected chi connectivity index (χ2v) is 6.06. The molecule has 6 nitrogen and oxygen atoms in total. The molecule has 1 rings (SSSR count). The summed E-state index contributed by atoms with van der Waals surface area (Å²) < 4.78 is 16.3. The zero-order valence-corrected chi connectivity index (χ0v) is 12.7. The number of methoxy groups -OCH3 is 1. The van der Waals surface area contributed by atoms with Crippen LogP contribution in [-0.4, -0.2) is 46.4 Å². The molecule has 2 unspecified atom stereocenters. The average Bonchev–Trinajstić information content (AvgIpc) is 2.38. The molecule has 19 heavy (non-hydrogen) atoms. The molecule has 2 N–H and O–H groups in total. The van der Waals surface area contributed by atoms with E-state index >= 15 is 0 Å². The van der Waals surface area contributed by atoms with Crippen LogP contribution in [0.2, 0.25) is 0 Å². The van der Waals surface area contributed by atoms with Gasteiger partial charge in [0, 0.05) is 49.1 Å². The number of nitrogens with one attached hydrogen (secondary N) is 2. The van der Waals surface area contributed by atoms with Gasteiger partial charge in [-0.3, -0.25) is 4.21 Å². The Hall–Kier alpha value is -1.21. The van der Waals surface area contributed by atoms with Crippen molar-refractivity contribution in [3.63, 3.8) is 0 Å². The first-order chi connectivity index (χ1) is 9.06. The molecule has 0 aliphatic heterocycles. The van der Waals surface area contributed by atoms with E-state index < -0.39 is 10.8 Å². The number of ether oxygens (including phenoxy) is 1. The lowest BCUT2D eigenvalue weighted by molar-refractivity contribution is 0.178. The highest BCUT2D eigenvalue weighted by atomic mass is 32.2. The summed E-state index contributed by atoms with van der Waals surface area (Å²) in [6.45, 7) is 3.08. The van der Waals surface area contributed by atoms with Crippen LogP contribution in [0.1, 0.15) is 19.2 Å². The third kappa shape index (κ3) is 5.52. The summed E-state index contributed by atoms with van der Waals surface area (Å²) >= 11 is 0. The van der Waals surface area contributed by atoms with Crippen LogP contribution in [0.25, 0.3) is 0 Å². The molecular formula is C12H22N4O2S. The van der Waals surface area contributed by atoms with Crippen molar-refractivity contribution in [1.82, 2.24) is 9.97 Å². The molecule has 0 aliphatic carbocycles. The lowest BCUT2D eigenvalue weighted by atomic mass is 10.3. The number of anilines is 2. The standard InChI is InChI=1S/C12H22N4O2S/c1-9(19(4)17)5-6-14-11-7-10(13-2)15-12(16-11)8-18-3/h7,9H,5-6,8H2,1-4H3,(H2,13,14,15,16). The minimum absolute atomic E-state index is 0.177. The summed E-state index contributed by atoms with van der Waals surface area (Å²) in [5.41, 5.74) is 0. The second-order valence-electron chi connectivity index (χ2n) is 4.26. The second kappa shape index (κ2) is 8.06. The molecule has 1 aromatic rings. The topological polar surface area (TPSA) is 76.1 Å². The Bertz CT molecular complexity index is 428. The van der Waals surface area contributed by atoms with E-state index in [4.69, 9.17) is 4.74 Å². The molecule has 2 atom stereocenters. The van der Waals surface area contributed by atoms with Crippen molar-refractivity contribution in [1.29, 1.82) is 0 Å². The Morgan fingerprint density at radius 3 is 2.68 bits per heavy atom. The minimum atomic E-state index is -0.787. The molecular weight excluding hydrogens is 264 g/mol. The molecule has 0 bridgehead atoms. The summed E-state index contributed by atoms with van der Waals surface area (Å²) in [5, 5.41) is 6.39. The van der Waals surface area contributed by atoms with Gasteiger partial charge in [0.15, 0.2) is 5.82 Å². The summed E-state index contributed by atoms with van der Waals surface area (Å²) in [5.74, 6) is 2.13. The van der Waals surface area contributed by atoms with Gasteiger partial charge in [-0.05, 0) is 6.42 Å². The van der Waals surface area contributed by atoms with Crippen molar-refractivity contribution >= 4 is 22.4 Å². The molecule has 1 aromatic heterocycles. The van der Waals surface area contributed by atoms with Gasteiger partial charge < -0.3 is 15.4 Å². The van der Waals surface area contributed by atoms with E-state index in [1.807, 2.05) is 20.0 Å². The summed E-state index contributed by atoms with van der Waals surface area (Å²) in [6, 6.07) is 1.84. The van der Waals surface area contributed by atoms with Crippen LogP contribution in [-0.2, 0) is 22.1 Å². The van der Waals surface area contributed by atoms with E-state index in [9.17, 15) is 4.21 Å². The normalized spacial score (nSPS) is 13.9. The summed E-state index contributed by atoms with van der Waals surface area (Å²) in [6.07, 6.45) is 2.56. The molecule has 0 saturated heterocycles. The van der Waals surface area contributed by atoms with Gasteiger partial charge in [-0.25, -0.2) is 9.97 Å². The largest absolute Gasteiger partial charge is 0.377 e. The minimum Gasteiger partial charge on any atom is -0.377 e. The van der Waals surface area contributed by atoms with Crippen LogP contribution < -0.4 is 10.6 Å². The summed E-state index contributed by atoms with van der Waals surface area (Å²) in [7, 11) is 2.64. The fraction of sp³-hybridized carbons (Fsp3) is 0.667. The first kappa shape index (κ1) is 15.8. The first-order valence-corrected chi connectivity index (χ1v) is 7.79. The Morgan fingerprint density at radius 2 is 2.11 bits per heavy atom. The van der Waals surface area contributed by atoms with E-state index in [0.29, 0.717) is 12.4 Å². The van der Waals surface area contributed by atoms with Gasteiger partial charge in [0.2, 0.25) is 0 Å². The number of hydrogen-bond donors (Lipinski definition) is 2. The van der Waals surface area contributed by atoms with Crippen molar-refractivity contribution in [2.45, 2.75) is 25.2 Å². The number of rotatable bonds is 8. The average molecular weight is 286 g/mol. The zero-order chi connectivity index (χ0) is 14.3. The van der Waals surface area contributed by atoms with E-state index in [1.165, 1.54) is 0 Å². The quantitative estimate of drug-likeness (QED) is 0.748. The number of nitrogens with zero attached hydrogens (tertiary/aromatic N) is 2. The predicted octanol–water partition coefficient (Wildman–Crippen LogP) is 1.23. The molecule has 7 heteroatoms. The molecule has 0 aliphatic rings. The van der Waals surface area contributed by atoms with Crippen molar-refractivity contribution in [2.24, 2.45) is 0 Å². The van der Waals surface area contributed by atoms with Crippen LogP contribution >= 0.6 is 0 Å². The van der Waals surface area contributed by atoms with E-state index in [2.05, 4.69) is 20.6 Å². The third-order valence-corrected chi connectivity index (χ3v) is 4.09. The number of aromatic nitrogens is 2. The molecule has 0 spiro atoms. The molecule has 108 valence electrons. The number of hydrogen-bond acceptors (Lipinski definition) is 6. The van der Waals surface area contributed by atoms with Crippen molar-refractivity contribution in [2.75, 3.05) is 37.6 Å². The maximum absolute atomic E-state index is 11.3. The maximum Gasteiger partial charge on any atom is 0.158 e.